The lowest BCUT2D eigenvalue weighted by molar-refractivity contribution is -0.405. The lowest BCUT2D eigenvalue weighted by Crippen LogP contribution is -2.59. The largest absolute Gasteiger partial charge is 0.391 e. The van der Waals surface area contributed by atoms with Crippen LogP contribution in [0.4, 0.5) is 0 Å². The maximum atomic E-state index is 13.8. The van der Waals surface area contributed by atoms with E-state index >= 15 is 0 Å². The van der Waals surface area contributed by atoms with Crippen LogP contribution in [-0.4, -0.2) is 59.8 Å². The zero-order chi connectivity index (χ0) is 27.5. The Morgan fingerprint density at radius 2 is 1.33 bits per heavy atom. The summed E-state index contributed by atoms with van der Waals surface area (Å²) in [4.78, 5) is 18.4. The number of carbonyl (C=O) groups excluding carboxylic acids is 1. The number of carbonyl (C=O) groups is 1. The number of H-pyrrole nitrogens is 1. The fourth-order valence-corrected chi connectivity index (χ4v) is 5.61. The second-order valence-corrected chi connectivity index (χ2v) is 9.79. The number of hydrogen-bond donors (Lipinski definition) is 2. The molecule has 202 valence electrons. The fraction of sp³-hybridized carbons (Fsp3) is 0.281. The van der Waals surface area contributed by atoms with Gasteiger partial charge in [-0.05, 0) is 35.2 Å². The van der Waals surface area contributed by atoms with Crippen LogP contribution in [0.3, 0.4) is 0 Å². The molecule has 1 aliphatic rings. The monoisotopic (exact) mass is 526 g/mol. The summed E-state index contributed by atoms with van der Waals surface area (Å²) in [5, 5.41) is 10.8. The molecule has 5 rings (SSSR count). The van der Waals surface area contributed by atoms with Crippen molar-refractivity contribution in [3.05, 3.63) is 131 Å². The first-order valence-electron chi connectivity index (χ1n) is 13.0. The Balaban J connectivity index is 1.70. The number of ether oxygens (including phenoxy) is 3. The van der Waals surface area contributed by atoms with Crippen LogP contribution < -0.4 is 0 Å². The maximum absolute atomic E-state index is 13.8. The number of aliphatic hydroxyl groups is 1. The van der Waals surface area contributed by atoms with Crippen LogP contribution in [-0.2, 0) is 19.8 Å². The van der Waals surface area contributed by atoms with Gasteiger partial charge in [0.05, 0.1) is 6.10 Å². The second-order valence-electron chi connectivity index (χ2n) is 9.79. The predicted molar refractivity (Wildman–Crippen MR) is 148 cm³/mol. The van der Waals surface area contributed by atoms with Gasteiger partial charge >= 0.3 is 5.97 Å². The molecule has 2 atom stereocenters. The molecule has 2 unspecified atom stereocenters. The third kappa shape index (κ3) is 4.79. The number of β-amino-alcohol motifs (C(OH)–C–C–N with tert-alkyl or cyclic N) is 1. The van der Waals surface area contributed by atoms with Gasteiger partial charge in [-0.25, -0.2) is 0 Å². The molecule has 0 saturated carbocycles. The fourth-order valence-electron chi connectivity index (χ4n) is 5.61. The van der Waals surface area contributed by atoms with Gasteiger partial charge in [0.2, 0.25) is 0 Å². The number of nitrogens with zero attached hydrogens (tertiary/aromatic N) is 1. The highest BCUT2D eigenvalue weighted by Crippen LogP contribution is 2.46. The van der Waals surface area contributed by atoms with E-state index < -0.39 is 23.7 Å². The van der Waals surface area contributed by atoms with Gasteiger partial charge in [0.1, 0.15) is 17.3 Å². The van der Waals surface area contributed by atoms with Crippen molar-refractivity contribution in [2.75, 3.05) is 20.8 Å². The molecular weight excluding hydrogens is 492 g/mol. The SMILES string of the molecule is COC(OC)(OC(c1ccccc1)(c1ccccc1)c1ccccc1)C1CC(O)CN1C(=O)c1[nH]ccc1C. The molecule has 0 bridgehead atoms. The molecule has 1 fully saturated rings. The quantitative estimate of drug-likeness (QED) is 0.241. The lowest BCUT2D eigenvalue weighted by Gasteiger charge is -2.47. The van der Waals surface area contributed by atoms with E-state index in [1.807, 2.05) is 104 Å². The lowest BCUT2D eigenvalue weighted by atomic mass is 9.80. The highest BCUT2D eigenvalue weighted by molar-refractivity contribution is 5.94. The Hall–Kier alpha value is -3.75. The summed E-state index contributed by atoms with van der Waals surface area (Å²) >= 11 is 0. The minimum atomic E-state index is -1.74. The van der Waals surface area contributed by atoms with Crippen molar-refractivity contribution in [3.63, 3.8) is 0 Å². The summed E-state index contributed by atoms with van der Waals surface area (Å²) in [6.07, 6.45) is 1.16. The Morgan fingerprint density at radius 3 is 1.74 bits per heavy atom. The van der Waals surface area contributed by atoms with E-state index in [2.05, 4.69) is 4.98 Å². The standard InChI is InChI=1S/C32H34N2O5/c1-23-19-20-33-29(23)30(36)34-22-27(35)21-28(34)32(37-2,38-3)39-31(24-13-7-4-8-14-24,25-15-9-5-10-16-25)26-17-11-6-12-18-26/h4-20,27-28,33,35H,21-22H2,1-3H3. The van der Waals surface area contributed by atoms with Crippen molar-refractivity contribution in [3.8, 4) is 0 Å². The van der Waals surface area contributed by atoms with E-state index in [-0.39, 0.29) is 18.9 Å². The van der Waals surface area contributed by atoms with E-state index in [9.17, 15) is 9.90 Å². The normalized spacial score (nSPS) is 17.9. The van der Waals surface area contributed by atoms with E-state index in [0.29, 0.717) is 5.69 Å². The van der Waals surface area contributed by atoms with Gasteiger partial charge < -0.3 is 29.2 Å². The van der Waals surface area contributed by atoms with E-state index in [1.165, 1.54) is 14.2 Å². The predicted octanol–water partition coefficient (Wildman–Crippen LogP) is 4.85. The molecular formula is C32H34N2O5. The third-order valence-corrected chi connectivity index (χ3v) is 7.52. The van der Waals surface area contributed by atoms with Gasteiger partial charge in [0, 0.05) is 33.4 Å². The number of aromatic nitrogens is 1. The van der Waals surface area contributed by atoms with Gasteiger partial charge in [0.15, 0.2) is 0 Å². The summed E-state index contributed by atoms with van der Waals surface area (Å²) < 4.78 is 19.4. The first-order valence-corrected chi connectivity index (χ1v) is 13.0. The minimum absolute atomic E-state index is 0.120. The third-order valence-electron chi connectivity index (χ3n) is 7.52. The molecule has 1 aromatic heterocycles. The van der Waals surface area contributed by atoms with Crippen molar-refractivity contribution in [1.29, 1.82) is 0 Å². The van der Waals surface area contributed by atoms with Crippen molar-refractivity contribution in [1.82, 2.24) is 9.88 Å². The van der Waals surface area contributed by atoms with Crippen molar-refractivity contribution in [2.24, 2.45) is 0 Å². The molecule has 7 heteroatoms. The molecule has 3 aromatic carbocycles. The summed E-state index contributed by atoms with van der Waals surface area (Å²) in [6.45, 7) is 1.99. The van der Waals surface area contributed by atoms with Gasteiger partial charge in [-0.3, -0.25) is 4.79 Å². The smallest absolute Gasteiger partial charge is 0.305 e. The van der Waals surface area contributed by atoms with Crippen LogP contribution in [0.2, 0.25) is 0 Å². The molecule has 1 saturated heterocycles. The van der Waals surface area contributed by atoms with Crippen LogP contribution in [0.5, 0.6) is 0 Å². The molecule has 0 spiro atoms. The Morgan fingerprint density at radius 1 is 0.846 bits per heavy atom. The zero-order valence-corrected chi connectivity index (χ0v) is 22.4. The van der Waals surface area contributed by atoms with Gasteiger partial charge in [-0.2, -0.15) is 0 Å². The number of aromatic amines is 1. The molecule has 1 amide bonds. The van der Waals surface area contributed by atoms with E-state index in [0.717, 1.165) is 22.3 Å². The van der Waals surface area contributed by atoms with Gasteiger partial charge in [-0.1, -0.05) is 91.0 Å². The van der Waals surface area contributed by atoms with Gasteiger partial charge in [0.25, 0.3) is 5.91 Å². The molecule has 7 nitrogen and oxygen atoms in total. The van der Waals surface area contributed by atoms with E-state index in [1.54, 1.807) is 11.1 Å². The maximum Gasteiger partial charge on any atom is 0.305 e. The van der Waals surface area contributed by atoms with Crippen LogP contribution in [0.15, 0.2) is 103 Å². The number of likely N-dealkylation sites (tertiary alicyclic amines) is 1. The summed E-state index contributed by atoms with van der Waals surface area (Å²) in [6, 6.07) is 30.8. The number of hydrogen-bond acceptors (Lipinski definition) is 5. The topological polar surface area (TPSA) is 84.0 Å². The van der Waals surface area contributed by atoms with E-state index in [4.69, 9.17) is 14.2 Å². The van der Waals surface area contributed by atoms with Crippen LogP contribution in [0.1, 0.15) is 39.2 Å². The van der Waals surface area contributed by atoms with Crippen molar-refractivity contribution in [2.45, 2.75) is 37.1 Å². The summed E-state index contributed by atoms with van der Waals surface area (Å²) in [7, 11) is 3.00. The first-order chi connectivity index (χ1) is 18.9. The minimum Gasteiger partial charge on any atom is -0.391 e. The number of aliphatic hydroxyl groups excluding tert-OH is 1. The molecule has 4 aromatic rings. The molecule has 0 radical (unpaired) electrons. The zero-order valence-electron chi connectivity index (χ0n) is 22.4. The molecule has 2 N–H and O–H groups in total. The van der Waals surface area contributed by atoms with Crippen LogP contribution >= 0.6 is 0 Å². The highest BCUT2D eigenvalue weighted by atomic mass is 16.9. The Kier molecular flexibility index (Phi) is 7.68. The average Bonchev–Trinajstić information content (AvgIpc) is 3.61. The van der Waals surface area contributed by atoms with Crippen molar-refractivity contribution >= 4 is 5.91 Å². The molecule has 2 heterocycles. The number of aryl methyl sites for hydroxylation is 1. The molecule has 1 aliphatic heterocycles. The molecule has 0 aliphatic carbocycles. The summed E-state index contributed by atoms with van der Waals surface area (Å²) in [5.41, 5.74) is 2.66. The first kappa shape index (κ1) is 26.8. The number of amides is 1. The second kappa shape index (κ2) is 11.2. The number of rotatable bonds is 9. The van der Waals surface area contributed by atoms with Crippen molar-refractivity contribution < 1.29 is 24.1 Å². The number of nitrogens with one attached hydrogen (secondary N) is 1. The van der Waals surface area contributed by atoms with Gasteiger partial charge in [-0.15, -0.1) is 0 Å². The average molecular weight is 527 g/mol. The number of methoxy groups -OCH3 is 2. The highest BCUT2D eigenvalue weighted by Gasteiger charge is 2.56. The molecule has 39 heavy (non-hydrogen) atoms. The Bertz CT molecular complexity index is 1270. The number of benzene rings is 3. The van der Waals surface area contributed by atoms with Crippen LogP contribution in [0.25, 0.3) is 0 Å². The Labute approximate surface area is 229 Å². The summed E-state index contributed by atoms with van der Waals surface area (Å²) in [5.74, 6) is -2.00. The van der Waals surface area contributed by atoms with Crippen LogP contribution in [0, 0.1) is 6.92 Å².